The molecule has 1 heterocycles. The highest BCUT2D eigenvalue weighted by Gasteiger charge is 2.07. The zero-order valence-electron chi connectivity index (χ0n) is 16.6. The highest BCUT2D eigenvalue weighted by atomic mass is 32.1. The third-order valence-electron chi connectivity index (χ3n) is 4.68. The number of thiazole rings is 1. The number of nitrogens with zero attached hydrogens (tertiary/aromatic N) is 1. The number of hydrogen-bond donors (Lipinski definition) is 0. The highest BCUT2D eigenvalue weighted by Crippen LogP contribution is 2.30. The van der Waals surface area contributed by atoms with Gasteiger partial charge in [-0.05, 0) is 47.5 Å². The van der Waals surface area contributed by atoms with E-state index in [-0.39, 0.29) is 5.82 Å². The zero-order valence-corrected chi connectivity index (χ0v) is 17.4. The molecule has 0 N–H and O–H groups in total. The van der Waals surface area contributed by atoms with Gasteiger partial charge in [-0.3, -0.25) is 0 Å². The minimum absolute atomic E-state index is 0.243. The number of aromatic nitrogens is 1. The van der Waals surface area contributed by atoms with Crippen LogP contribution in [0.4, 0.5) is 4.39 Å². The Morgan fingerprint density at radius 3 is 2.10 bits per heavy atom. The van der Waals surface area contributed by atoms with Gasteiger partial charge in [0.15, 0.2) is 11.5 Å². The van der Waals surface area contributed by atoms with Crippen LogP contribution in [0.15, 0.2) is 72.1 Å². The first kappa shape index (κ1) is 19.9. The van der Waals surface area contributed by atoms with E-state index in [9.17, 15) is 4.39 Å². The van der Waals surface area contributed by atoms with Crippen LogP contribution in [-0.2, 0) is 0 Å². The van der Waals surface area contributed by atoms with Gasteiger partial charge in [0, 0.05) is 16.5 Å². The van der Waals surface area contributed by atoms with Crippen LogP contribution < -0.4 is 9.47 Å². The summed E-state index contributed by atoms with van der Waals surface area (Å²) < 4.78 is 23.7. The van der Waals surface area contributed by atoms with Crippen molar-refractivity contribution in [1.29, 1.82) is 0 Å². The first-order valence-corrected chi connectivity index (χ1v) is 10.3. The maximum Gasteiger partial charge on any atom is 0.161 e. The molecule has 0 unspecified atom stereocenters. The van der Waals surface area contributed by atoms with Gasteiger partial charge in [0.1, 0.15) is 10.8 Å². The van der Waals surface area contributed by atoms with Crippen molar-refractivity contribution < 1.29 is 13.9 Å². The molecule has 0 aliphatic rings. The Hall–Kier alpha value is -3.44. The molecule has 0 bridgehead atoms. The first-order chi connectivity index (χ1) is 14.7. The molecule has 0 radical (unpaired) electrons. The van der Waals surface area contributed by atoms with E-state index in [1.165, 1.54) is 12.1 Å². The summed E-state index contributed by atoms with van der Waals surface area (Å²) in [7, 11) is 3.25. The summed E-state index contributed by atoms with van der Waals surface area (Å²) in [5, 5.41) is 2.90. The maximum atomic E-state index is 13.1. The molecule has 150 valence electrons. The Bertz CT molecular complexity index is 1160. The third kappa shape index (κ3) is 4.42. The lowest BCUT2D eigenvalue weighted by molar-refractivity contribution is 0.355. The second-order valence-electron chi connectivity index (χ2n) is 6.61. The average molecular weight is 418 g/mol. The second kappa shape index (κ2) is 8.93. The molecule has 0 aliphatic carbocycles. The lowest BCUT2D eigenvalue weighted by Crippen LogP contribution is -1.90. The van der Waals surface area contributed by atoms with E-state index < -0.39 is 0 Å². The van der Waals surface area contributed by atoms with E-state index in [4.69, 9.17) is 14.5 Å². The fourth-order valence-electron chi connectivity index (χ4n) is 3.05. The van der Waals surface area contributed by atoms with Crippen LogP contribution in [0.3, 0.4) is 0 Å². The van der Waals surface area contributed by atoms with Crippen molar-refractivity contribution in [2.45, 2.75) is 0 Å². The largest absolute Gasteiger partial charge is 0.493 e. The fourth-order valence-corrected chi connectivity index (χ4v) is 3.88. The highest BCUT2D eigenvalue weighted by molar-refractivity contribution is 7.13. The first-order valence-electron chi connectivity index (χ1n) is 9.38. The monoisotopic (exact) mass is 417 g/mol. The van der Waals surface area contributed by atoms with E-state index >= 15 is 0 Å². The van der Waals surface area contributed by atoms with Gasteiger partial charge in [-0.2, -0.15) is 0 Å². The van der Waals surface area contributed by atoms with Crippen LogP contribution in [0.1, 0.15) is 11.1 Å². The molecule has 4 rings (SSSR count). The molecular weight excluding hydrogens is 397 g/mol. The minimum Gasteiger partial charge on any atom is -0.493 e. The Labute approximate surface area is 179 Å². The number of rotatable bonds is 6. The molecule has 0 fully saturated rings. The summed E-state index contributed by atoms with van der Waals surface area (Å²) in [6.45, 7) is 0. The quantitative estimate of drug-likeness (QED) is 0.323. The van der Waals surface area contributed by atoms with Crippen molar-refractivity contribution in [1.82, 2.24) is 4.98 Å². The SMILES string of the molecule is COc1ccc(C=Cc2ccc(-c3csc(-c4ccc(F)cc4)n3)cc2)cc1OC. The number of ether oxygens (including phenoxy) is 2. The van der Waals surface area contributed by atoms with Gasteiger partial charge >= 0.3 is 0 Å². The van der Waals surface area contributed by atoms with Gasteiger partial charge in [-0.25, -0.2) is 9.37 Å². The lowest BCUT2D eigenvalue weighted by atomic mass is 10.1. The lowest BCUT2D eigenvalue weighted by Gasteiger charge is -2.07. The summed E-state index contributed by atoms with van der Waals surface area (Å²) in [5.41, 5.74) is 4.99. The Morgan fingerprint density at radius 2 is 1.40 bits per heavy atom. The van der Waals surface area contributed by atoms with Crippen LogP contribution >= 0.6 is 11.3 Å². The fraction of sp³-hybridized carbons (Fsp3) is 0.0800. The van der Waals surface area contributed by atoms with E-state index in [0.29, 0.717) is 11.5 Å². The Morgan fingerprint density at radius 1 is 0.767 bits per heavy atom. The average Bonchev–Trinajstić information content (AvgIpc) is 3.28. The molecule has 5 heteroatoms. The van der Waals surface area contributed by atoms with E-state index in [2.05, 4.69) is 30.3 Å². The maximum absolute atomic E-state index is 13.1. The predicted molar refractivity (Wildman–Crippen MR) is 121 cm³/mol. The summed E-state index contributed by atoms with van der Waals surface area (Å²) in [6, 6.07) is 20.4. The molecule has 0 aliphatic heterocycles. The number of methoxy groups -OCH3 is 2. The molecule has 4 aromatic rings. The van der Waals surface area contributed by atoms with Gasteiger partial charge in [-0.1, -0.05) is 42.5 Å². The molecule has 0 atom stereocenters. The third-order valence-corrected chi connectivity index (χ3v) is 5.57. The molecular formula is C25H20FNO2S. The van der Waals surface area contributed by atoms with Crippen LogP contribution in [-0.4, -0.2) is 19.2 Å². The van der Waals surface area contributed by atoms with Gasteiger partial charge in [-0.15, -0.1) is 11.3 Å². The minimum atomic E-state index is -0.243. The van der Waals surface area contributed by atoms with E-state index in [1.807, 2.05) is 29.7 Å². The van der Waals surface area contributed by atoms with Crippen LogP contribution in [0.2, 0.25) is 0 Å². The number of benzene rings is 3. The van der Waals surface area contributed by atoms with Gasteiger partial charge in [0.25, 0.3) is 0 Å². The molecule has 3 nitrogen and oxygen atoms in total. The number of halogens is 1. The molecule has 0 amide bonds. The van der Waals surface area contributed by atoms with Crippen molar-refractivity contribution in [2.75, 3.05) is 14.2 Å². The second-order valence-corrected chi connectivity index (χ2v) is 7.47. The van der Waals surface area contributed by atoms with Crippen molar-refractivity contribution in [3.63, 3.8) is 0 Å². The predicted octanol–water partition coefficient (Wildman–Crippen LogP) is 6.80. The Balaban J connectivity index is 1.49. The van der Waals surface area contributed by atoms with Crippen molar-refractivity contribution in [3.05, 3.63) is 89.1 Å². The van der Waals surface area contributed by atoms with Crippen molar-refractivity contribution in [3.8, 4) is 33.3 Å². The molecule has 1 aromatic heterocycles. The summed E-state index contributed by atoms with van der Waals surface area (Å²) in [4.78, 5) is 4.69. The normalized spacial score (nSPS) is 11.0. The van der Waals surface area contributed by atoms with Crippen LogP contribution in [0.5, 0.6) is 11.5 Å². The van der Waals surface area contributed by atoms with Gasteiger partial charge in [0.2, 0.25) is 0 Å². The van der Waals surface area contributed by atoms with Gasteiger partial charge in [0.05, 0.1) is 19.9 Å². The summed E-state index contributed by atoms with van der Waals surface area (Å²) >= 11 is 1.55. The van der Waals surface area contributed by atoms with Crippen LogP contribution in [0, 0.1) is 5.82 Å². The summed E-state index contributed by atoms with van der Waals surface area (Å²) in [5.74, 6) is 1.17. The van der Waals surface area contributed by atoms with Crippen molar-refractivity contribution in [2.24, 2.45) is 0 Å². The van der Waals surface area contributed by atoms with Crippen molar-refractivity contribution >= 4 is 23.5 Å². The number of hydrogen-bond acceptors (Lipinski definition) is 4. The van der Waals surface area contributed by atoms with E-state index in [0.717, 1.165) is 33.0 Å². The van der Waals surface area contributed by atoms with Crippen LogP contribution in [0.25, 0.3) is 34.0 Å². The molecule has 0 spiro atoms. The smallest absolute Gasteiger partial charge is 0.161 e. The molecule has 30 heavy (non-hydrogen) atoms. The van der Waals surface area contributed by atoms with Gasteiger partial charge < -0.3 is 9.47 Å². The van der Waals surface area contributed by atoms with E-state index in [1.54, 1.807) is 37.7 Å². The zero-order chi connectivity index (χ0) is 20.9. The standard InChI is InChI=1S/C25H20FNO2S/c1-28-23-14-7-18(15-24(23)29-2)4-3-17-5-8-19(9-6-17)22-16-30-25(27-22)20-10-12-21(26)13-11-20/h3-16H,1-2H3. The molecule has 3 aromatic carbocycles. The molecule has 0 saturated carbocycles. The summed E-state index contributed by atoms with van der Waals surface area (Å²) in [6.07, 6.45) is 4.09. The molecule has 0 saturated heterocycles. The Kier molecular flexibility index (Phi) is 5.91. The topological polar surface area (TPSA) is 31.4 Å².